The molecule has 3 aromatic rings. The topological polar surface area (TPSA) is 100 Å². The molecule has 170 valence electrons. The van der Waals surface area contributed by atoms with Gasteiger partial charge in [-0.1, -0.05) is 6.07 Å². The van der Waals surface area contributed by atoms with E-state index in [2.05, 4.69) is 26.0 Å². The number of carbonyl (C=O) groups is 2. The summed E-state index contributed by atoms with van der Waals surface area (Å²) in [5, 5.41) is 12.8. The predicted octanol–water partition coefficient (Wildman–Crippen LogP) is 3.74. The third-order valence-electron chi connectivity index (χ3n) is 5.46. The molecule has 11 heteroatoms. The van der Waals surface area contributed by atoms with Crippen LogP contribution in [0.25, 0.3) is 11.7 Å². The van der Waals surface area contributed by atoms with Crippen molar-refractivity contribution in [2.45, 2.75) is 25.4 Å². The summed E-state index contributed by atoms with van der Waals surface area (Å²) < 4.78 is 40.9. The van der Waals surface area contributed by atoms with Crippen LogP contribution in [0.5, 0.6) is 0 Å². The Balaban J connectivity index is 1.53. The Morgan fingerprint density at radius 3 is 2.73 bits per heavy atom. The van der Waals surface area contributed by atoms with Gasteiger partial charge in [-0.2, -0.15) is 22.8 Å². The van der Waals surface area contributed by atoms with Crippen LogP contribution >= 0.6 is 0 Å². The fourth-order valence-electron chi connectivity index (χ4n) is 3.57. The molecule has 0 unspecified atom stereocenters. The molecule has 1 aromatic carbocycles. The molecule has 1 saturated carbocycles. The first-order valence-electron chi connectivity index (χ1n) is 10.4. The summed E-state index contributed by atoms with van der Waals surface area (Å²) in [6.45, 7) is 0.731. The quantitative estimate of drug-likeness (QED) is 0.386. The van der Waals surface area contributed by atoms with Crippen molar-refractivity contribution in [3.63, 3.8) is 0 Å². The van der Waals surface area contributed by atoms with Crippen molar-refractivity contribution >= 4 is 40.9 Å². The van der Waals surface area contributed by atoms with Crippen LogP contribution in [-0.4, -0.2) is 33.0 Å². The van der Waals surface area contributed by atoms with Crippen molar-refractivity contribution in [1.29, 1.82) is 0 Å². The molecule has 5 rings (SSSR count). The molecular weight excluding hydrogens is 437 g/mol. The zero-order valence-electron chi connectivity index (χ0n) is 17.2. The van der Waals surface area contributed by atoms with Crippen molar-refractivity contribution in [2.24, 2.45) is 5.92 Å². The second-order valence-corrected chi connectivity index (χ2v) is 8.11. The molecule has 1 saturated heterocycles. The van der Waals surface area contributed by atoms with Crippen LogP contribution in [-0.2, 0) is 15.8 Å². The van der Waals surface area contributed by atoms with E-state index in [0.29, 0.717) is 34.3 Å². The van der Waals surface area contributed by atoms with Gasteiger partial charge in [0.05, 0.1) is 18.2 Å². The number of benzene rings is 1. The van der Waals surface area contributed by atoms with Gasteiger partial charge in [0.15, 0.2) is 5.65 Å². The Labute approximate surface area is 185 Å². The number of nitrogens with zero attached hydrogens (tertiary/aromatic N) is 3. The highest BCUT2D eigenvalue weighted by molar-refractivity contribution is 6.15. The maximum Gasteiger partial charge on any atom is 0.416 e. The van der Waals surface area contributed by atoms with Gasteiger partial charge in [0, 0.05) is 29.4 Å². The highest BCUT2D eigenvalue weighted by atomic mass is 19.4. The van der Waals surface area contributed by atoms with Crippen molar-refractivity contribution in [1.82, 2.24) is 19.9 Å². The van der Waals surface area contributed by atoms with Gasteiger partial charge in [0.1, 0.15) is 11.6 Å². The number of imide groups is 1. The fourth-order valence-corrected chi connectivity index (χ4v) is 3.57. The van der Waals surface area contributed by atoms with Gasteiger partial charge in [0.25, 0.3) is 5.91 Å². The lowest BCUT2D eigenvalue weighted by Gasteiger charge is -2.13. The van der Waals surface area contributed by atoms with Gasteiger partial charge < -0.3 is 10.6 Å². The van der Waals surface area contributed by atoms with Crippen LogP contribution in [0.3, 0.4) is 0 Å². The highest BCUT2D eigenvalue weighted by Gasteiger charge is 2.30. The molecule has 0 bridgehead atoms. The van der Waals surface area contributed by atoms with E-state index in [-0.39, 0.29) is 18.0 Å². The van der Waals surface area contributed by atoms with Crippen molar-refractivity contribution in [3.8, 4) is 0 Å². The number of aromatic nitrogens is 3. The molecule has 2 aromatic heterocycles. The molecule has 0 atom stereocenters. The van der Waals surface area contributed by atoms with E-state index in [1.54, 1.807) is 16.7 Å². The van der Waals surface area contributed by atoms with E-state index in [4.69, 9.17) is 0 Å². The molecule has 2 fully saturated rings. The lowest BCUT2D eigenvalue weighted by Crippen LogP contribution is -2.19. The summed E-state index contributed by atoms with van der Waals surface area (Å²) in [7, 11) is 0. The summed E-state index contributed by atoms with van der Waals surface area (Å²) >= 11 is 0. The summed E-state index contributed by atoms with van der Waals surface area (Å²) in [4.78, 5) is 28.0. The molecule has 33 heavy (non-hydrogen) atoms. The average molecular weight is 456 g/mol. The number of nitrogens with one attached hydrogen (secondary N) is 3. The number of rotatable bonds is 6. The molecule has 3 N–H and O–H groups in total. The first-order valence-corrected chi connectivity index (χ1v) is 10.4. The fraction of sp³-hybridized carbons (Fsp3) is 0.273. The van der Waals surface area contributed by atoms with Crippen LogP contribution in [0.15, 0.2) is 42.1 Å². The van der Waals surface area contributed by atoms with E-state index < -0.39 is 17.6 Å². The van der Waals surface area contributed by atoms with E-state index in [9.17, 15) is 22.8 Å². The number of fused-ring (bicyclic) bond motifs is 1. The molecule has 1 aliphatic heterocycles. The molecular formula is C22H19F3N6O2. The van der Waals surface area contributed by atoms with E-state index in [1.165, 1.54) is 18.3 Å². The van der Waals surface area contributed by atoms with E-state index >= 15 is 0 Å². The lowest BCUT2D eigenvalue weighted by molar-refractivity contribution is -0.137. The number of hydrogen-bond acceptors (Lipinski definition) is 6. The van der Waals surface area contributed by atoms with Gasteiger partial charge in [-0.25, -0.2) is 4.98 Å². The van der Waals surface area contributed by atoms with Crippen LogP contribution in [0.1, 0.15) is 30.4 Å². The molecule has 1 aliphatic carbocycles. The highest BCUT2D eigenvalue weighted by Crippen LogP contribution is 2.32. The minimum Gasteiger partial charge on any atom is -0.370 e. The minimum atomic E-state index is -4.46. The second-order valence-electron chi connectivity index (χ2n) is 8.11. The number of halogens is 3. The van der Waals surface area contributed by atoms with Crippen molar-refractivity contribution in [2.75, 3.05) is 17.2 Å². The first-order chi connectivity index (χ1) is 15.8. The third-order valence-corrected chi connectivity index (χ3v) is 5.46. The average Bonchev–Trinajstić information content (AvgIpc) is 3.42. The molecule has 2 amide bonds. The smallest absolute Gasteiger partial charge is 0.370 e. The van der Waals surface area contributed by atoms with Crippen LogP contribution in [0.4, 0.5) is 30.5 Å². The van der Waals surface area contributed by atoms with E-state index in [1.807, 2.05) is 0 Å². The van der Waals surface area contributed by atoms with Crippen LogP contribution < -0.4 is 16.0 Å². The van der Waals surface area contributed by atoms with Crippen molar-refractivity contribution < 1.29 is 22.8 Å². The SMILES string of the molecule is O=C1C/C(=C\c2cnn3c(NCC4CC4)cc(Nc4cccc(C(F)(F)F)c4)nc23)C(=O)N1. The largest absolute Gasteiger partial charge is 0.416 e. The second kappa shape index (κ2) is 7.91. The molecule has 0 spiro atoms. The Hall–Kier alpha value is -3.89. The van der Waals surface area contributed by atoms with Gasteiger partial charge in [-0.15, -0.1) is 0 Å². The number of anilines is 3. The number of hydrogen-bond donors (Lipinski definition) is 3. The number of amides is 2. The zero-order valence-corrected chi connectivity index (χ0v) is 17.2. The summed E-state index contributed by atoms with van der Waals surface area (Å²) in [6, 6.07) is 6.52. The van der Waals surface area contributed by atoms with Gasteiger partial charge in [-0.3, -0.25) is 14.9 Å². The molecule has 0 radical (unpaired) electrons. The summed E-state index contributed by atoms with van der Waals surface area (Å²) in [6.07, 6.45) is 0.851. The Morgan fingerprint density at radius 1 is 1.21 bits per heavy atom. The van der Waals surface area contributed by atoms with Crippen LogP contribution in [0.2, 0.25) is 0 Å². The maximum atomic E-state index is 13.1. The third kappa shape index (κ3) is 4.52. The maximum absolute atomic E-state index is 13.1. The Bertz CT molecular complexity index is 1290. The molecule has 3 heterocycles. The first kappa shape index (κ1) is 21.0. The van der Waals surface area contributed by atoms with Crippen LogP contribution in [0, 0.1) is 5.92 Å². The summed E-state index contributed by atoms with van der Waals surface area (Å²) in [5.41, 5.74) is 0.657. The van der Waals surface area contributed by atoms with E-state index in [0.717, 1.165) is 31.5 Å². The molecule has 2 aliphatic rings. The standard InChI is InChI=1S/C22H19F3N6O2/c23-22(24,25)15-2-1-3-16(8-15)28-17-9-18(26-10-12-4-5-12)31-20(29-17)14(11-27-31)6-13-7-19(32)30-21(13)33/h1-3,6,8-9,11-12,26H,4-5,7,10H2,(H,28,29)(H,30,32,33)/b13-6+. The Morgan fingerprint density at radius 2 is 2.03 bits per heavy atom. The van der Waals surface area contributed by atoms with Gasteiger partial charge >= 0.3 is 6.18 Å². The van der Waals surface area contributed by atoms with Gasteiger partial charge in [0.2, 0.25) is 5.91 Å². The predicted molar refractivity (Wildman–Crippen MR) is 115 cm³/mol. The Kier molecular flexibility index (Phi) is 5.03. The molecule has 8 nitrogen and oxygen atoms in total. The van der Waals surface area contributed by atoms with Crippen molar-refractivity contribution in [3.05, 3.63) is 53.2 Å². The number of carbonyl (C=O) groups excluding carboxylic acids is 2. The summed E-state index contributed by atoms with van der Waals surface area (Å²) in [5.74, 6) is 0.641. The zero-order chi connectivity index (χ0) is 23.2. The minimum absolute atomic E-state index is 0.0366. The number of alkyl halides is 3. The normalized spacial score (nSPS) is 17.6. The monoisotopic (exact) mass is 456 g/mol. The van der Waals surface area contributed by atoms with Gasteiger partial charge in [-0.05, 0) is 43.0 Å². The lowest BCUT2D eigenvalue weighted by atomic mass is 10.1.